The van der Waals surface area contributed by atoms with Crippen LogP contribution in [0.3, 0.4) is 0 Å². The monoisotopic (exact) mass is 351 g/mol. The molecule has 1 aliphatic rings. The van der Waals surface area contributed by atoms with Crippen molar-refractivity contribution < 1.29 is 27.2 Å². The fourth-order valence-corrected chi connectivity index (χ4v) is 3.30. The van der Waals surface area contributed by atoms with Crippen LogP contribution in [0.2, 0.25) is 0 Å². The van der Waals surface area contributed by atoms with E-state index < -0.39 is 33.5 Å². The Bertz CT molecular complexity index is 517. The number of rotatable bonds is 4. The van der Waals surface area contributed by atoms with Crippen LogP contribution in [-0.2, 0) is 19.0 Å². The van der Waals surface area contributed by atoms with Crippen molar-refractivity contribution in [2.75, 3.05) is 12.8 Å². The van der Waals surface area contributed by atoms with E-state index in [9.17, 15) is 18.3 Å². The predicted octanol–water partition coefficient (Wildman–Crippen LogP) is 1.89. The first-order valence-corrected chi connectivity index (χ1v) is 9.58. The van der Waals surface area contributed by atoms with E-state index in [0.29, 0.717) is 19.3 Å². The number of ether oxygens (including phenoxy) is 1. The molecule has 7 nitrogen and oxygen atoms in total. The lowest BCUT2D eigenvalue weighted by atomic mass is 9.91. The summed E-state index contributed by atoms with van der Waals surface area (Å²) in [6.07, 6.45) is 1.33. The van der Waals surface area contributed by atoms with Crippen LogP contribution in [0.4, 0.5) is 4.79 Å². The van der Waals surface area contributed by atoms with Gasteiger partial charge in [0.05, 0.1) is 24.5 Å². The molecule has 0 radical (unpaired) electrons. The lowest BCUT2D eigenvalue weighted by Crippen LogP contribution is -2.53. The zero-order valence-corrected chi connectivity index (χ0v) is 15.6. The van der Waals surface area contributed by atoms with Crippen LogP contribution >= 0.6 is 0 Å². The van der Waals surface area contributed by atoms with Crippen molar-refractivity contribution in [1.82, 2.24) is 4.90 Å². The largest absolute Gasteiger partial charge is 0.444 e. The van der Waals surface area contributed by atoms with Crippen molar-refractivity contribution in [3.63, 3.8) is 0 Å². The molecular formula is C15H29NO6S. The molecule has 1 aliphatic heterocycles. The fourth-order valence-electron chi connectivity index (χ4n) is 2.65. The molecule has 8 heteroatoms. The summed E-state index contributed by atoms with van der Waals surface area (Å²) in [5, 5.41) is 10.0. The molecule has 0 aromatic heterocycles. The lowest BCUT2D eigenvalue weighted by Gasteiger charge is -2.41. The van der Waals surface area contributed by atoms with Crippen molar-refractivity contribution in [2.24, 2.45) is 0 Å². The lowest BCUT2D eigenvalue weighted by molar-refractivity contribution is -0.0270. The number of likely N-dealkylation sites (tertiary alicyclic amines) is 1. The number of carbonyl (C=O) groups is 1. The second kappa shape index (κ2) is 6.94. The van der Waals surface area contributed by atoms with E-state index in [1.807, 2.05) is 0 Å². The summed E-state index contributed by atoms with van der Waals surface area (Å²) in [7, 11) is -3.59. The highest BCUT2D eigenvalue weighted by atomic mass is 32.2. The molecule has 1 N–H and O–H groups in total. The maximum absolute atomic E-state index is 12.4. The summed E-state index contributed by atoms with van der Waals surface area (Å²) in [5.74, 6) is 0. The molecule has 1 amide bonds. The Morgan fingerprint density at radius 2 is 1.78 bits per heavy atom. The minimum atomic E-state index is -3.59. The smallest absolute Gasteiger partial charge is 0.410 e. The summed E-state index contributed by atoms with van der Waals surface area (Å²) in [6.45, 7) is 8.79. The number of carbonyl (C=O) groups excluding carboxylic acids is 1. The van der Waals surface area contributed by atoms with Gasteiger partial charge in [-0.2, -0.15) is 8.42 Å². The zero-order valence-electron chi connectivity index (χ0n) is 14.8. The topological polar surface area (TPSA) is 93.1 Å². The third kappa shape index (κ3) is 7.99. The first-order valence-electron chi connectivity index (χ1n) is 7.76. The van der Waals surface area contributed by atoms with E-state index in [4.69, 9.17) is 8.92 Å². The number of amides is 1. The van der Waals surface area contributed by atoms with E-state index in [1.54, 1.807) is 34.6 Å². The summed E-state index contributed by atoms with van der Waals surface area (Å²) in [6, 6.07) is -0.218. The van der Waals surface area contributed by atoms with Crippen molar-refractivity contribution in [1.29, 1.82) is 0 Å². The van der Waals surface area contributed by atoms with Gasteiger partial charge >= 0.3 is 6.09 Å². The average Bonchev–Trinajstić information content (AvgIpc) is 2.24. The maximum atomic E-state index is 12.4. The molecule has 0 aromatic rings. The van der Waals surface area contributed by atoms with Gasteiger partial charge in [-0.05, 0) is 53.9 Å². The molecule has 1 rings (SSSR count). The Labute approximate surface area is 139 Å². The molecule has 2 atom stereocenters. The van der Waals surface area contributed by atoms with Crippen molar-refractivity contribution >= 4 is 16.2 Å². The average molecular weight is 351 g/mol. The first-order chi connectivity index (χ1) is 10.2. The van der Waals surface area contributed by atoms with Crippen LogP contribution in [0.1, 0.15) is 53.9 Å². The molecule has 0 saturated carbocycles. The van der Waals surface area contributed by atoms with Crippen LogP contribution in [0.25, 0.3) is 0 Å². The maximum Gasteiger partial charge on any atom is 0.410 e. The quantitative estimate of drug-likeness (QED) is 0.778. The molecule has 0 bridgehead atoms. The second-order valence-electron chi connectivity index (χ2n) is 7.80. The van der Waals surface area contributed by atoms with Gasteiger partial charge in [-0.3, -0.25) is 4.18 Å². The Kier molecular flexibility index (Phi) is 6.09. The molecule has 0 aliphatic carbocycles. The highest BCUT2D eigenvalue weighted by molar-refractivity contribution is 7.86. The standard InChI is InChI=1S/C15H29NO6S/c1-14(2,3)21-13(17)16-10-12(22-23(6,19)20)8-7-11(16)9-15(4,5)18/h11-12,18H,7-10H2,1-6H3. The van der Waals surface area contributed by atoms with Crippen molar-refractivity contribution in [3.8, 4) is 0 Å². The van der Waals surface area contributed by atoms with Crippen molar-refractivity contribution in [2.45, 2.75) is 77.2 Å². The van der Waals surface area contributed by atoms with Crippen LogP contribution in [0, 0.1) is 0 Å². The van der Waals surface area contributed by atoms with Crippen LogP contribution in [0.15, 0.2) is 0 Å². The van der Waals surface area contributed by atoms with E-state index in [1.165, 1.54) is 4.90 Å². The Hall–Kier alpha value is -0.860. The number of nitrogens with zero attached hydrogens (tertiary/aromatic N) is 1. The minimum Gasteiger partial charge on any atom is -0.444 e. The van der Waals surface area contributed by atoms with Crippen LogP contribution in [-0.4, -0.2) is 60.7 Å². The van der Waals surface area contributed by atoms with E-state index in [2.05, 4.69) is 0 Å². The highest BCUT2D eigenvalue weighted by Gasteiger charge is 2.38. The summed E-state index contributed by atoms with van der Waals surface area (Å²) >= 11 is 0. The number of hydrogen-bond acceptors (Lipinski definition) is 6. The third-order valence-corrected chi connectivity index (χ3v) is 3.96. The molecular weight excluding hydrogens is 322 g/mol. The van der Waals surface area contributed by atoms with Crippen molar-refractivity contribution in [3.05, 3.63) is 0 Å². The number of aliphatic hydroxyl groups is 1. The van der Waals surface area contributed by atoms with Gasteiger partial charge in [-0.15, -0.1) is 0 Å². The molecule has 1 heterocycles. The summed E-state index contributed by atoms with van der Waals surface area (Å²) in [5.41, 5.74) is -1.59. The molecule has 136 valence electrons. The van der Waals surface area contributed by atoms with Gasteiger partial charge in [0.2, 0.25) is 0 Å². The van der Waals surface area contributed by atoms with Crippen LogP contribution < -0.4 is 0 Å². The van der Waals surface area contributed by atoms with E-state index in [-0.39, 0.29) is 12.6 Å². The Morgan fingerprint density at radius 1 is 1.22 bits per heavy atom. The van der Waals surface area contributed by atoms with Gasteiger partial charge < -0.3 is 14.7 Å². The SMILES string of the molecule is CC(C)(O)CC1CCC(OS(C)(=O)=O)CN1C(=O)OC(C)(C)C. The Balaban J connectivity index is 2.89. The van der Waals surface area contributed by atoms with Crippen LogP contribution in [0.5, 0.6) is 0 Å². The predicted molar refractivity (Wildman–Crippen MR) is 86.6 cm³/mol. The van der Waals surface area contributed by atoms with E-state index >= 15 is 0 Å². The van der Waals surface area contributed by atoms with Gasteiger partial charge in [0, 0.05) is 6.04 Å². The number of piperidine rings is 1. The number of hydrogen-bond donors (Lipinski definition) is 1. The molecule has 2 unspecified atom stereocenters. The zero-order chi connectivity index (χ0) is 18.1. The van der Waals surface area contributed by atoms with Gasteiger partial charge in [-0.1, -0.05) is 0 Å². The molecule has 23 heavy (non-hydrogen) atoms. The first kappa shape index (κ1) is 20.2. The third-order valence-electron chi connectivity index (χ3n) is 3.34. The highest BCUT2D eigenvalue weighted by Crippen LogP contribution is 2.28. The fraction of sp³-hybridized carbons (Fsp3) is 0.933. The van der Waals surface area contributed by atoms with Gasteiger partial charge in [-0.25, -0.2) is 4.79 Å². The van der Waals surface area contributed by atoms with Gasteiger partial charge in [0.25, 0.3) is 10.1 Å². The minimum absolute atomic E-state index is 0.128. The molecule has 0 spiro atoms. The van der Waals surface area contributed by atoms with Gasteiger partial charge in [0.1, 0.15) is 5.60 Å². The summed E-state index contributed by atoms with van der Waals surface area (Å²) < 4.78 is 33.1. The molecule has 1 saturated heterocycles. The van der Waals surface area contributed by atoms with E-state index in [0.717, 1.165) is 6.26 Å². The molecule has 1 fully saturated rings. The normalized spacial score (nSPS) is 23.7. The molecule has 0 aromatic carbocycles. The Morgan fingerprint density at radius 3 is 2.22 bits per heavy atom. The van der Waals surface area contributed by atoms with Gasteiger partial charge in [0.15, 0.2) is 0 Å². The second-order valence-corrected chi connectivity index (χ2v) is 9.40. The summed E-state index contributed by atoms with van der Waals surface area (Å²) in [4.78, 5) is 13.9.